The van der Waals surface area contributed by atoms with Crippen molar-refractivity contribution in [2.75, 3.05) is 13.1 Å². The van der Waals surface area contributed by atoms with Crippen LogP contribution in [0, 0.1) is 18.7 Å². The summed E-state index contributed by atoms with van der Waals surface area (Å²) in [6.45, 7) is 4.39. The quantitative estimate of drug-likeness (QED) is 0.924. The highest BCUT2D eigenvalue weighted by molar-refractivity contribution is 7.89. The average Bonchev–Trinajstić information content (AvgIpc) is 2.82. The van der Waals surface area contributed by atoms with Gasteiger partial charge in [-0.3, -0.25) is 0 Å². The molecule has 114 valence electrons. The van der Waals surface area contributed by atoms with Crippen LogP contribution in [-0.2, 0) is 10.0 Å². The van der Waals surface area contributed by atoms with Crippen molar-refractivity contribution in [3.8, 4) is 0 Å². The molecule has 7 heteroatoms. The van der Waals surface area contributed by atoms with Crippen LogP contribution in [0.3, 0.4) is 0 Å². The summed E-state index contributed by atoms with van der Waals surface area (Å²) in [6, 6.07) is 4.08. The van der Waals surface area contributed by atoms with Crippen molar-refractivity contribution in [3.63, 3.8) is 0 Å². The van der Waals surface area contributed by atoms with Crippen LogP contribution in [0.5, 0.6) is 0 Å². The molecule has 0 radical (unpaired) electrons. The van der Waals surface area contributed by atoms with Gasteiger partial charge in [-0.15, -0.1) is 12.4 Å². The van der Waals surface area contributed by atoms with Gasteiger partial charge in [-0.1, -0.05) is 6.07 Å². The lowest BCUT2D eigenvalue weighted by atomic mass is 10.0. The molecule has 0 spiro atoms. The Morgan fingerprint density at radius 1 is 1.45 bits per heavy atom. The number of hydrogen-bond acceptors (Lipinski definition) is 3. The fourth-order valence-electron chi connectivity index (χ4n) is 2.35. The molecule has 0 aliphatic carbocycles. The second-order valence-electron chi connectivity index (χ2n) is 5.20. The molecule has 2 unspecified atom stereocenters. The highest BCUT2D eigenvalue weighted by atomic mass is 35.5. The smallest absolute Gasteiger partial charge is 0.246 e. The number of rotatable bonds is 3. The van der Waals surface area contributed by atoms with Gasteiger partial charge in [-0.2, -0.15) is 4.31 Å². The molecule has 1 fully saturated rings. The third-order valence-corrected chi connectivity index (χ3v) is 5.52. The first kappa shape index (κ1) is 17.4. The zero-order chi connectivity index (χ0) is 14.2. The highest BCUT2D eigenvalue weighted by Gasteiger charge is 2.35. The van der Waals surface area contributed by atoms with Crippen molar-refractivity contribution in [1.29, 1.82) is 0 Å². The number of aryl methyl sites for hydroxylation is 1. The van der Waals surface area contributed by atoms with Crippen LogP contribution in [-0.4, -0.2) is 31.9 Å². The summed E-state index contributed by atoms with van der Waals surface area (Å²) in [5.41, 5.74) is 6.53. The van der Waals surface area contributed by atoms with Crippen LogP contribution >= 0.6 is 12.4 Å². The van der Waals surface area contributed by atoms with Gasteiger partial charge in [0.05, 0.1) is 0 Å². The van der Waals surface area contributed by atoms with Crippen LogP contribution in [0.2, 0.25) is 0 Å². The normalized spacial score (nSPS) is 21.5. The lowest BCUT2D eigenvalue weighted by Crippen LogP contribution is -2.33. The van der Waals surface area contributed by atoms with Crippen LogP contribution < -0.4 is 5.73 Å². The predicted octanol–water partition coefficient (Wildman–Crippen LogP) is 1.91. The first-order valence-corrected chi connectivity index (χ1v) is 7.78. The third-order valence-electron chi connectivity index (χ3n) is 3.64. The van der Waals surface area contributed by atoms with E-state index in [0.717, 1.165) is 12.0 Å². The summed E-state index contributed by atoms with van der Waals surface area (Å²) >= 11 is 0. The molecular formula is C13H20ClFN2O2S. The van der Waals surface area contributed by atoms with Gasteiger partial charge in [0.15, 0.2) is 0 Å². The lowest BCUT2D eigenvalue weighted by molar-refractivity contribution is 0.426. The van der Waals surface area contributed by atoms with Crippen LogP contribution in [0.4, 0.5) is 4.39 Å². The van der Waals surface area contributed by atoms with Crippen molar-refractivity contribution in [2.24, 2.45) is 11.7 Å². The maximum Gasteiger partial charge on any atom is 0.246 e. The highest BCUT2D eigenvalue weighted by Crippen LogP contribution is 2.27. The Bertz CT molecular complexity index is 578. The van der Waals surface area contributed by atoms with E-state index in [4.69, 9.17) is 5.73 Å². The Kier molecular flexibility index (Phi) is 5.54. The van der Waals surface area contributed by atoms with Gasteiger partial charge >= 0.3 is 0 Å². The van der Waals surface area contributed by atoms with E-state index in [1.165, 1.54) is 16.4 Å². The van der Waals surface area contributed by atoms with Gasteiger partial charge in [0.2, 0.25) is 10.0 Å². The van der Waals surface area contributed by atoms with E-state index in [1.807, 2.05) is 6.92 Å². The molecule has 1 aromatic rings. The molecule has 0 aromatic heterocycles. The van der Waals surface area contributed by atoms with E-state index < -0.39 is 15.8 Å². The van der Waals surface area contributed by atoms with Crippen LogP contribution in [0.15, 0.2) is 23.1 Å². The molecule has 1 aromatic carbocycles. The van der Waals surface area contributed by atoms with Gasteiger partial charge in [0.25, 0.3) is 0 Å². The Labute approximate surface area is 125 Å². The summed E-state index contributed by atoms with van der Waals surface area (Å²) in [5, 5.41) is 0. The molecule has 1 heterocycles. The zero-order valence-corrected chi connectivity index (χ0v) is 13.2. The maximum absolute atomic E-state index is 13.7. The summed E-state index contributed by atoms with van der Waals surface area (Å²) < 4.78 is 39.9. The molecule has 0 saturated carbocycles. The minimum atomic E-state index is -3.76. The monoisotopic (exact) mass is 322 g/mol. The predicted molar refractivity (Wildman–Crippen MR) is 78.9 cm³/mol. The summed E-state index contributed by atoms with van der Waals surface area (Å²) in [5.74, 6) is -0.558. The second kappa shape index (κ2) is 6.39. The Balaban J connectivity index is 0.00000200. The summed E-state index contributed by atoms with van der Waals surface area (Å²) in [6.07, 6.45) is 0.727. The lowest BCUT2D eigenvalue weighted by Gasteiger charge is -2.18. The van der Waals surface area contributed by atoms with E-state index in [0.29, 0.717) is 13.1 Å². The largest absolute Gasteiger partial charge is 0.328 e. The topological polar surface area (TPSA) is 63.4 Å². The Hall–Kier alpha value is -0.690. The molecule has 2 atom stereocenters. The standard InChI is InChI=1S/C13H19FN2O2S.ClH/c1-9-3-4-12(14)13(7-9)19(17,18)16-6-5-11(8-16)10(2)15;/h3-4,7,10-11H,5-6,8,15H2,1-2H3;1H. The number of nitrogens with zero attached hydrogens (tertiary/aromatic N) is 1. The first-order valence-electron chi connectivity index (χ1n) is 6.34. The number of sulfonamides is 1. The Morgan fingerprint density at radius 3 is 2.65 bits per heavy atom. The van der Waals surface area contributed by atoms with E-state index >= 15 is 0 Å². The fourth-order valence-corrected chi connectivity index (χ4v) is 4.01. The third kappa shape index (κ3) is 3.31. The molecule has 1 aliphatic heterocycles. The zero-order valence-electron chi connectivity index (χ0n) is 11.5. The van der Waals surface area contributed by atoms with E-state index in [1.54, 1.807) is 13.0 Å². The number of halogens is 2. The molecule has 0 bridgehead atoms. The van der Waals surface area contributed by atoms with Gasteiger partial charge in [-0.05, 0) is 43.9 Å². The molecule has 1 saturated heterocycles. The average molecular weight is 323 g/mol. The van der Waals surface area contributed by atoms with Crippen LogP contribution in [0.1, 0.15) is 18.9 Å². The van der Waals surface area contributed by atoms with Gasteiger partial charge in [-0.25, -0.2) is 12.8 Å². The van der Waals surface area contributed by atoms with Crippen molar-refractivity contribution in [2.45, 2.75) is 31.2 Å². The summed E-state index contributed by atoms with van der Waals surface area (Å²) in [7, 11) is -3.76. The van der Waals surface area contributed by atoms with Crippen molar-refractivity contribution in [3.05, 3.63) is 29.6 Å². The first-order chi connectivity index (χ1) is 8.82. The maximum atomic E-state index is 13.7. The molecule has 2 rings (SSSR count). The molecule has 0 amide bonds. The van der Waals surface area contributed by atoms with E-state index in [2.05, 4.69) is 0 Å². The number of nitrogens with two attached hydrogens (primary N) is 1. The Morgan fingerprint density at radius 2 is 2.10 bits per heavy atom. The van der Waals surface area contributed by atoms with Crippen LogP contribution in [0.25, 0.3) is 0 Å². The van der Waals surface area contributed by atoms with Gasteiger partial charge in [0, 0.05) is 19.1 Å². The van der Waals surface area contributed by atoms with Crippen molar-refractivity contribution < 1.29 is 12.8 Å². The van der Waals surface area contributed by atoms with Crippen molar-refractivity contribution in [1.82, 2.24) is 4.31 Å². The second-order valence-corrected chi connectivity index (χ2v) is 7.11. The fraction of sp³-hybridized carbons (Fsp3) is 0.538. The molecule has 20 heavy (non-hydrogen) atoms. The number of hydrogen-bond donors (Lipinski definition) is 1. The minimum Gasteiger partial charge on any atom is -0.328 e. The van der Waals surface area contributed by atoms with Crippen molar-refractivity contribution >= 4 is 22.4 Å². The minimum absolute atomic E-state index is 0. The molecule has 2 N–H and O–H groups in total. The van der Waals surface area contributed by atoms with Gasteiger partial charge in [0.1, 0.15) is 10.7 Å². The molecule has 1 aliphatic rings. The van der Waals surface area contributed by atoms with E-state index in [9.17, 15) is 12.8 Å². The van der Waals surface area contributed by atoms with E-state index in [-0.39, 0.29) is 29.3 Å². The SMILES string of the molecule is Cc1ccc(F)c(S(=O)(=O)N2CCC(C(C)N)C2)c1.Cl. The van der Waals surface area contributed by atoms with Gasteiger partial charge < -0.3 is 5.73 Å². The molecular weight excluding hydrogens is 303 g/mol. The summed E-state index contributed by atoms with van der Waals surface area (Å²) in [4.78, 5) is -0.238. The number of benzene rings is 1. The molecule has 4 nitrogen and oxygen atoms in total.